The minimum atomic E-state index is -4.22. The molecule has 1 N–H and O–H groups in total. The molecular weight excluding hydrogens is 602 g/mol. The average Bonchev–Trinajstić information content (AvgIpc) is 3.05. The van der Waals surface area contributed by atoms with E-state index in [0.29, 0.717) is 17.2 Å². The number of anilines is 1. The smallest absolute Gasteiger partial charge is 0.264 e. The highest BCUT2D eigenvalue weighted by Crippen LogP contribution is 2.27. The molecule has 0 aliphatic rings. The number of ether oxygens (including phenoxy) is 2. The van der Waals surface area contributed by atoms with Crippen molar-refractivity contribution in [3.63, 3.8) is 0 Å². The van der Waals surface area contributed by atoms with Gasteiger partial charge < -0.3 is 19.7 Å². The van der Waals surface area contributed by atoms with Gasteiger partial charge in [-0.05, 0) is 80.4 Å². The van der Waals surface area contributed by atoms with Crippen LogP contribution in [0, 0.1) is 6.92 Å². The van der Waals surface area contributed by atoms with Crippen LogP contribution in [0.5, 0.6) is 11.5 Å². The molecule has 0 unspecified atom stereocenters. The summed E-state index contributed by atoms with van der Waals surface area (Å²) in [4.78, 5) is 29.8. The van der Waals surface area contributed by atoms with Crippen molar-refractivity contribution in [2.24, 2.45) is 0 Å². The van der Waals surface area contributed by atoms with Gasteiger partial charge in [0, 0.05) is 19.0 Å². The van der Waals surface area contributed by atoms with E-state index >= 15 is 0 Å². The number of hydrogen-bond acceptors (Lipinski definition) is 6. The number of rotatable bonds is 14. The summed E-state index contributed by atoms with van der Waals surface area (Å²) in [5, 5.41) is 2.96. The summed E-state index contributed by atoms with van der Waals surface area (Å²) in [6.07, 6.45) is 0.227. The molecule has 4 aromatic carbocycles. The number of benzene rings is 4. The quantitative estimate of drug-likeness (QED) is 0.198. The number of methoxy groups -OCH3 is 2. The predicted molar refractivity (Wildman–Crippen MR) is 179 cm³/mol. The average molecular weight is 644 g/mol. The zero-order valence-corrected chi connectivity index (χ0v) is 27.7. The Morgan fingerprint density at radius 1 is 0.783 bits per heavy atom. The Bertz CT molecular complexity index is 1710. The van der Waals surface area contributed by atoms with E-state index in [-0.39, 0.29) is 29.8 Å². The molecule has 2 amide bonds. The van der Waals surface area contributed by atoms with E-state index in [1.54, 1.807) is 55.6 Å². The molecule has 0 aromatic heterocycles. The highest BCUT2D eigenvalue weighted by atomic mass is 32.2. The van der Waals surface area contributed by atoms with Gasteiger partial charge in [0.2, 0.25) is 11.8 Å². The van der Waals surface area contributed by atoms with Crippen LogP contribution in [0.25, 0.3) is 0 Å². The number of carbonyl (C=O) groups is 2. The van der Waals surface area contributed by atoms with Crippen molar-refractivity contribution in [1.29, 1.82) is 0 Å². The Kier molecular flexibility index (Phi) is 11.4. The standard InChI is InChI=1S/C36H41N3O6S/c1-26(2)37-36(41)34(23-28-10-7-6-8-11-28)38(24-29-12-9-13-32(22-29)45-5)35(40)25-39(30-16-14-27(3)15-17-30)46(42,43)33-20-18-31(44-4)19-21-33/h6-22,26,34H,23-25H2,1-5H3,(H,37,41)/t34-/m0/s1. The fourth-order valence-electron chi connectivity index (χ4n) is 5.02. The summed E-state index contributed by atoms with van der Waals surface area (Å²) in [5.74, 6) is 0.219. The van der Waals surface area contributed by atoms with E-state index in [1.807, 2.05) is 63.2 Å². The fourth-order valence-corrected chi connectivity index (χ4v) is 6.43. The Hall–Kier alpha value is -4.83. The van der Waals surface area contributed by atoms with Gasteiger partial charge in [-0.1, -0.05) is 60.2 Å². The van der Waals surface area contributed by atoms with Gasteiger partial charge in [0.15, 0.2) is 0 Å². The summed E-state index contributed by atoms with van der Waals surface area (Å²) >= 11 is 0. The number of nitrogens with zero attached hydrogens (tertiary/aromatic N) is 2. The first-order valence-electron chi connectivity index (χ1n) is 15.0. The highest BCUT2D eigenvalue weighted by Gasteiger charge is 2.35. The van der Waals surface area contributed by atoms with Crippen LogP contribution in [-0.4, -0.2) is 58.0 Å². The first kappa shape index (κ1) is 34.1. The molecule has 0 aliphatic carbocycles. The summed E-state index contributed by atoms with van der Waals surface area (Å²) in [7, 11) is -1.16. The maximum atomic E-state index is 14.5. The van der Waals surface area contributed by atoms with Gasteiger partial charge in [0.1, 0.15) is 24.1 Å². The molecule has 46 heavy (non-hydrogen) atoms. The lowest BCUT2D eigenvalue weighted by Crippen LogP contribution is -2.54. The van der Waals surface area contributed by atoms with Crippen LogP contribution in [0.3, 0.4) is 0 Å². The zero-order valence-electron chi connectivity index (χ0n) is 26.8. The molecule has 242 valence electrons. The molecule has 0 fully saturated rings. The van der Waals surface area contributed by atoms with E-state index in [0.717, 1.165) is 21.0 Å². The molecule has 0 heterocycles. The molecule has 0 bridgehead atoms. The second kappa shape index (κ2) is 15.4. The molecule has 4 aromatic rings. The van der Waals surface area contributed by atoms with Crippen LogP contribution in [0.1, 0.15) is 30.5 Å². The second-order valence-corrected chi connectivity index (χ2v) is 13.1. The fraction of sp³-hybridized carbons (Fsp3) is 0.278. The topological polar surface area (TPSA) is 105 Å². The van der Waals surface area contributed by atoms with Gasteiger partial charge in [-0.15, -0.1) is 0 Å². The number of carbonyl (C=O) groups excluding carboxylic acids is 2. The van der Waals surface area contributed by atoms with Gasteiger partial charge in [-0.2, -0.15) is 0 Å². The van der Waals surface area contributed by atoms with Gasteiger partial charge in [-0.3, -0.25) is 13.9 Å². The number of amides is 2. The molecule has 4 rings (SSSR count). The number of hydrogen-bond donors (Lipinski definition) is 1. The largest absolute Gasteiger partial charge is 0.497 e. The lowest BCUT2D eigenvalue weighted by atomic mass is 10.0. The number of aryl methyl sites for hydroxylation is 1. The van der Waals surface area contributed by atoms with Crippen molar-refractivity contribution in [1.82, 2.24) is 10.2 Å². The normalized spacial score (nSPS) is 11.9. The van der Waals surface area contributed by atoms with Crippen molar-refractivity contribution in [3.05, 3.63) is 120 Å². The van der Waals surface area contributed by atoms with Crippen molar-refractivity contribution in [2.45, 2.75) is 50.7 Å². The van der Waals surface area contributed by atoms with E-state index in [2.05, 4.69) is 5.32 Å². The van der Waals surface area contributed by atoms with E-state index < -0.39 is 28.5 Å². The van der Waals surface area contributed by atoms with E-state index in [1.165, 1.54) is 24.1 Å². The van der Waals surface area contributed by atoms with Crippen molar-refractivity contribution in [2.75, 3.05) is 25.1 Å². The molecule has 0 spiro atoms. The van der Waals surface area contributed by atoms with Gasteiger partial charge in [0.05, 0.1) is 24.8 Å². The van der Waals surface area contributed by atoms with Crippen LogP contribution in [0.15, 0.2) is 108 Å². The highest BCUT2D eigenvalue weighted by molar-refractivity contribution is 7.92. The molecule has 10 heteroatoms. The molecule has 0 saturated carbocycles. The maximum absolute atomic E-state index is 14.5. The number of sulfonamides is 1. The molecule has 0 saturated heterocycles. The SMILES string of the molecule is COc1ccc(S(=O)(=O)N(CC(=O)N(Cc2cccc(OC)c2)[C@@H](Cc2ccccc2)C(=O)NC(C)C)c2ccc(C)cc2)cc1. The summed E-state index contributed by atoms with van der Waals surface area (Å²) < 4.78 is 40.1. The maximum Gasteiger partial charge on any atom is 0.264 e. The molecule has 0 radical (unpaired) electrons. The lowest BCUT2D eigenvalue weighted by Gasteiger charge is -2.34. The first-order valence-corrected chi connectivity index (χ1v) is 16.5. The monoisotopic (exact) mass is 643 g/mol. The van der Waals surface area contributed by atoms with E-state index in [4.69, 9.17) is 9.47 Å². The first-order chi connectivity index (χ1) is 22.0. The summed E-state index contributed by atoms with van der Waals surface area (Å²) in [5.41, 5.74) is 2.84. The third kappa shape index (κ3) is 8.66. The molecular formula is C36H41N3O6S. The van der Waals surface area contributed by atoms with Crippen molar-refractivity contribution < 1.29 is 27.5 Å². The van der Waals surface area contributed by atoms with Crippen LogP contribution < -0.4 is 19.1 Å². The Labute approximate surface area is 271 Å². The third-order valence-corrected chi connectivity index (χ3v) is 9.23. The molecule has 1 atom stereocenters. The Morgan fingerprint density at radius 3 is 2.02 bits per heavy atom. The van der Waals surface area contributed by atoms with Gasteiger partial charge >= 0.3 is 0 Å². The third-order valence-electron chi connectivity index (χ3n) is 7.44. The van der Waals surface area contributed by atoms with Crippen LogP contribution in [0.4, 0.5) is 5.69 Å². The van der Waals surface area contributed by atoms with Gasteiger partial charge in [0.25, 0.3) is 10.0 Å². The Morgan fingerprint density at radius 2 is 1.41 bits per heavy atom. The van der Waals surface area contributed by atoms with Crippen molar-refractivity contribution >= 4 is 27.5 Å². The Balaban J connectivity index is 1.81. The second-order valence-electron chi connectivity index (χ2n) is 11.3. The molecule has 0 aliphatic heterocycles. The van der Waals surface area contributed by atoms with Crippen LogP contribution in [-0.2, 0) is 32.6 Å². The minimum Gasteiger partial charge on any atom is -0.497 e. The van der Waals surface area contributed by atoms with Crippen molar-refractivity contribution in [3.8, 4) is 11.5 Å². The minimum absolute atomic E-state index is 0.000549. The van der Waals surface area contributed by atoms with Crippen LogP contribution >= 0.6 is 0 Å². The summed E-state index contributed by atoms with van der Waals surface area (Å²) in [6, 6.07) is 28.5. The van der Waals surface area contributed by atoms with Gasteiger partial charge in [-0.25, -0.2) is 8.42 Å². The number of nitrogens with one attached hydrogen (secondary N) is 1. The lowest BCUT2D eigenvalue weighted by molar-refractivity contribution is -0.140. The molecule has 9 nitrogen and oxygen atoms in total. The summed E-state index contributed by atoms with van der Waals surface area (Å²) in [6.45, 7) is 5.11. The zero-order chi connectivity index (χ0) is 33.3. The van der Waals surface area contributed by atoms with Crippen LogP contribution in [0.2, 0.25) is 0 Å². The predicted octanol–water partition coefficient (Wildman–Crippen LogP) is 5.37. The van der Waals surface area contributed by atoms with E-state index in [9.17, 15) is 18.0 Å².